The molecule has 0 bridgehead atoms. The van der Waals surface area contributed by atoms with Gasteiger partial charge in [-0.05, 0) is 51.8 Å². The molecular formula is C13H10BrClN2O3. The fourth-order valence-corrected chi connectivity index (χ4v) is 2.41. The van der Waals surface area contributed by atoms with Crippen LogP contribution in [0.1, 0.15) is 5.56 Å². The van der Waals surface area contributed by atoms with Gasteiger partial charge >= 0.3 is 0 Å². The van der Waals surface area contributed by atoms with Crippen LogP contribution in [-0.4, -0.2) is 4.92 Å². The van der Waals surface area contributed by atoms with Crippen LogP contribution in [0.4, 0.5) is 11.4 Å². The van der Waals surface area contributed by atoms with Gasteiger partial charge in [0, 0.05) is 11.1 Å². The normalized spacial score (nSPS) is 10.3. The standard InChI is InChI=1S/C13H10BrClN2O3/c14-10-6-9(15)2-4-13(10)20-7-8-1-3-12(17(18)19)11(16)5-8/h1-6H,7,16H2. The maximum atomic E-state index is 10.7. The maximum absolute atomic E-state index is 10.7. The van der Waals surface area contributed by atoms with E-state index in [4.69, 9.17) is 22.1 Å². The number of ether oxygens (including phenoxy) is 1. The van der Waals surface area contributed by atoms with Crippen LogP contribution in [0.15, 0.2) is 40.9 Å². The molecule has 0 amide bonds. The minimum Gasteiger partial charge on any atom is -0.488 e. The summed E-state index contributed by atoms with van der Waals surface area (Å²) < 4.78 is 6.34. The number of nitrogens with two attached hydrogens (primary N) is 1. The Balaban J connectivity index is 2.11. The van der Waals surface area contributed by atoms with Crippen molar-refractivity contribution in [2.24, 2.45) is 0 Å². The van der Waals surface area contributed by atoms with Gasteiger partial charge in [-0.25, -0.2) is 0 Å². The van der Waals surface area contributed by atoms with E-state index < -0.39 is 4.92 Å². The molecule has 2 aromatic carbocycles. The van der Waals surface area contributed by atoms with E-state index in [0.717, 1.165) is 10.0 Å². The fourth-order valence-electron chi connectivity index (χ4n) is 1.61. The first-order valence-corrected chi connectivity index (χ1v) is 6.75. The smallest absolute Gasteiger partial charge is 0.292 e. The zero-order valence-corrected chi connectivity index (χ0v) is 12.5. The van der Waals surface area contributed by atoms with E-state index >= 15 is 0 Å². The molecule has 2 aromatic rings. The van der Waals surface area contributed by atoms with Crippen LogP contribution in [0, 0.1) is 10.1 Å². The van der Waals surface area contributed by atoms with E-state index in [1.807, 2.05) is 0 Å². The van der Waals surface area contributed by atoms with Crippen molar-refractivity contribution < 1.29 is 9.66 Å². The molecule has 0 spiro atoms. The second kappa shape index (κ2) is 6.11. The van der Waals surface area contributed by atoms with Gasteiger partial charge in [-0.1, -0.05) is 11.6 Å². The number of nitrogens with zero attached hydrogens (tertiary/aromatic N) is 1. The van der Waals surface area contributed by atoms with Gasteiger partial charge in [0.25, 0.3) is 5.69 Å². The summed E-state index contributed by atoms with van der Waals surface area (Å²) in [7, 11) is 0. The van der Waals surface area contributed by atoms with Crippen LogP contribution in [0.3, 0.4) is 0 Å². The van der Waals surface area contributed by atoms with Gasteiger partial charge in [0.05, 0.1) is 9.40 Å². The monoisotopic (exact) mass is 356 g/mol. The van der Waals surface area contributed by atoms with Gasteiger partial charge in [0.2, 0.25) is 0 Å². The van der Waals surface area contributed by atoms with Crippen molar-refractivity contribution in [1.82, 2.24) is 0 Å². The van der Waals surface area contributed by atoms with Crippen LogP contribution in [-0.2, 0) is 6.61 Å². The Morgan fingerprint density at radius 3 is 2.65 bits per heavy atom. The van der Waals surface area contributed by atoms with E-state index in [-0.39, 0.29) is 18.0 Å². The number of anilines is 1. The largest absolute Gasteiger partial charge is 0.488 e. The average molecular weight is 358 g/mol. The Morgan fingerprint density at radius 2 is 2.05 bits per heavy atom. The maximum Gasteiger partial charge on any atom is 0.292 e. The van der Waals surface area contributed by atoms with Crippen molar-refractivity contribution in [2.45, 2.75) is 6.61 Å². The van der Waals surface area contributed by atoms with Gasteiger partial charge in [0.15, 0.2) is 0 Å². The number of nitro groups is 1. The first-order valence-electron chi connectivity index (χ1n) is 5.58. The van der Waals surface area contributed by atoms with Gasteiger partial charge in [0.1, 0.15) is 18.0 Å². The average Bonchev–Trinajstić information content (AvgIpc) is 2.37. The second-order valence-electron chi connectivity index (χ2n) is 4.01. The molecular weight excluding hydrogens is 348 g/mol. The molecule has 20 heavy (non-hydrogen) atoms. The molecule has 0 heterocycles. The molecule has 0 aromatic heterocycles. The van der Waals surface area contributed by atoms with Crippen LogP contribution in [0.5, 0.6) is 5.75 Å². The number of nitro benzene ring substituents is 1. The lowest BCUT2D eigenvalue weighted by atomic mass is 10.2. The van der Waals surface area contributed by atoms with E-state index in [1.54, 1.807) is 24.3 Å². The number of halogens is 2. The summed E-state index contributed by atoms with van der Waals surface area (Å²) in [4.78, 5) is 10.1. The van der Waals surface area contributed by atoms with E-state index in [1.165, 1.54) is 12.1 Å². The number of benzene rings is 2. The molecule has 0 saturated carbocycles. The number of rotatable bonds is 4. The third-order valence-electron chi connectivity index (χ3n) is 2.58. The summed E-state index contributed by atoms with van der Waals surface area (Å²) in [5.41, 5.74) is 6.37. The van der Waals surface area contributed by atoms with Gasteiger partial charge < -0.3 is 10.5 Å². The molecule has 0 aliphatic carbocycles. The zero-order valence-electron chi connectivity index (χ0n) is 10.2. The predicted molar refractivity (Wildman–Crippen MR) is 81.0 cm³/mol. The molecule has 104 valence electrons. The molecule has 0 atom stereocenters. The third kappa shape index (κ3) is 3.40. The van der Waals surface area contributed by atoms with Gasteiger partial charge in [-0.2, -0.15) is 0 Å². The topological polar surface area (TPSA) is 78.4 Å². The summed E-state index contributed by atoms with van der Waals surface area (Å²) in [5, 5.41) is 11.3. The molecule has 0 aliphatic rings. The van der Waals surface area contributed by atoms with Crippen molar-refractivity contribution in [3.63, 3.8) is 0 Å². The van der Waals surface area contributed by atoms with Gasteiger partial charge in [-0.15, -0.1) is 0 Å². The summed E-state index contributed by atoms with van der Waals surface area (Å²) in [6.45, 7) is 0.252. The van der Waals surface area contributed by atoms with Crippen LogP contribution >= 0.6 is 27.5 Å². The number of hydrogen-bond donors (Lipinski definition) is 1. The van der Waals surface area contributed by atoms with E-state index in [2.05, 4.69) is 15.9 Å². The zero-order chi connectivity index (χ0) is 14.7. The van der Waals surface area contributed by atoms with Crippen molar-refractivity contribution in [3.05, 3.63) is 61.6 Å². The Hall–Kier alpha value is -1.79. The highest BCUT2D eigenvalue weighted by Gasteiger charge is 2.11. The number of hydrogen-bond acceptors (Lipinski definition) is 4. The van der Waals surface area contributed by atoms with Crippen LogP contribution in [0.2, 0.25) is 5.02 Å². The van der Waals surface area contributed by atoms with Crippen molar-refractivity contribution in [1.29, 1.82) is 0 Å². The molecule has 2 N–H and O–H groups in total. The lowest BCUT2D eigenvalue weighted by Gasteiger charge is -2.09. The lowest BCUT2D eigenvalue weighted by Crippen LogP contribution is -2.00. The van der Waals surface area contributed by atoms with Crippen molar-refractivity contribution in [2.75, 3.05) is 5.73 Å². The van der Waals surface area contributed by atoms with Crippen LogP contribution in [0.25, 0.3) is 0 Å². The first kappa shape index (κ1) is 14.6. The highest BCUT2D eigenvalue weighted by Crippen LogP contribution is 2.29. The van der Waals surface area contributed by atoms with E-state index in [0.29, 0.717) is 10.8 Å². The lowest BCUT2D eigenvalue weighted by molar-refractivity contribution is -0.383. The Morgan fingerprint density at radius 1 is 1.30 bits per heavy atom. The predicted octanol–water partition coefficient (Wildman–Crippen LogP) is 4.17. The SMILES string of the molecule is Nc1cc(COc2ccc(Cl)cc2Br)ccc1[N+](=O)[O-]. The Labute approximate surface area is 128 Å². The molecule has 5 nitrogen and oxygen atoms in total. The molecule has 7 heteroatoms. The molecule has 0 fully saturated rings. The van der Waals surface area contributed by atoms with Crippen LogP contribution < -0.4 is 10.5 Å². The van der Waals surface area contributed by atoms with Crippen molar-refractivity contribution in [3.8, 4) is 5.75 Å². The molecule has 2 rings (SSSR count). The minimum atomic E-state index is -0.518. The first-order chi connectivity index (χ1) is 9.47. The quantitative estimate of drug-likeness (QED) is 0.506. The molecule has 0 unspecified atom stereocenters. The highest BCUT2D eigenvalue weighted by molar-refractivity contribution is 9.10. The molecule has 0 radical (unpaired) electrons. The Kier molecular flexibility index (Phi) is 4.46. The summed E-state index contributed by atoms with van der Waals surface area (Å²) in [5.74, 6) is 0.631. The Bertz CT molecular complexity index is 664. The summed E-state index contributed by atoms with van der Waals surface area (Å²) >= 11 is 9.18. The fraction of sp³-hybridized carbons (Fsp3) is 0.0769. The second-order valence-corrected chi connectivity index (χ2v) is 5.30. The van der Waals surface area contributed by atoms with E-state index in [9.17, 15) is 10.1 Å². The van der Waals surface area contributed by atoms with Gasteiger partial charge in [-0.3, -0.25) is 10.1 Å². The molecule has 0 aliphatic heterocycles. The number of nitrogen functional groups attached to an aromatic ring is 1. The molecule has 0 saturated heterocycles. The summed E-state index contributed by atoms with van der Waals surface area (Å²) in [6.07, 6.45) is 0. The summed E-state index contributed by atoms with van der Waals surface area (Å²) in [6, 6.07) is 9.68. The third-order valence-corrected chi connectivity index (χ3v) is 3.43. The highest BCUT2D eigenvalue weighted by atomic mass is 79.9. The minimum absolute atomic E-state index is 0.110. The van der Waals surface area contributed by atoms with Crippen molar-refractivity contribution >= 4 is 38.9 Å².